The van der Waals surface area contributed by atoms with Crippen LogP contribution in [0.1, 0.15) is 63.9 Å². The van der Waals surface area contributed by atoms with E-state index in [1.54, 1.807) is 11.0 Å². The van der Waals surface area contributed by atoms with Gasteiger partial charge < -0.3 is 23.8 Å². The number of rotatable bonds is 2. The quantitative estimate of drug-likeness (QED) is 0.639. The van der Waals surface area contributed by atoms with Crippen molar-refractivity contribution < 1.29 is 18.7 Å². The third kappa shape index (κ3) is 3.58. The first-order valence-corrected chi connectivity index (χ1v) is 12.3. The number of imidazole rings is 1. The molecule has 0 N–H and O–H groups in total. The second kappa shape index (κ2) is 8.26. The molecule has 1 atom stereocenters. The first kappa shape index (κ1) is 23.1. The normalized spacial score (nSPS) is 23.2. The fourth-order valence-corrected chi connectivity index (χ4v) is 5.99. The van der Waals surface area contributed by atoms with E-state index in [-0.39, 0.29) is 23.4 Å². The number of carbonyl (C=O) groups is 1. The molecule has 0 radical (unpaired) electrons. The van der Waals surface area contributed by atoms with Gasteiger partial charge in [-0.1, -0.05) is 6.07 Å². The number of amides is 1. The van der Waals surface area contributed by atoms with Crippen molar-refractivity contribution in [3.8, 4) is 17.0 Å². The van der Waals surface area contributed by atoms with Gasteiger partial charge in [-0.25, -0.2) is 14.2 Å². The lowest BCUT2D eigenvalue weighted by Crippen LogP contribution is -2.50. The second-order valence-electron chi connectivity index (χ2n) is 10.5. The SMILES string of the molecule is CCOC(=O)N1CCC2(CC1)Oc1cccc(F)c1-c1nc([C@@H]3CCN(C)C(C)(C)C3)n(C)c12. The third-order valence-electron chi connectivity index (χ3n) is 8.13. The molecule has 1 spiro atoms. The van der Waals surface area contributed by atoms with E-state index in [9.17, 15) is 4.79 Å². The molecule has 1 aromatic carbocycles. The molecule has 0 bridgehead atoms. The molecule has 2 fully saturated rings. The molecule has 2 saturated heterocycles. The van der Waals surface area contributed by atoms with Gasteiger partial charge in [-0.3, -0.25) is 0 Å². The molecular formula is C26H35FN4O3. The standard InChI is InChI=1S/C26H35FN4O3/c1-6-33-24(32)31-14-11-26(12-15-31)22-21(20-18(27)8-7-9-19(20)34-26)28-23(30(22)5)17-10-13-29(4)25(2,3)16-17/h7-9,17H,6,10-16H2,1-5H3/t17-/m1/s1. The maximum Gasteiger partial charge on any atom is 0.409 e. The van der Waals surface area contributed by atoms with Gasteiger partial charge in [0.2, 0.25) is 0 Å². The summed E-state index contributed by atoms with van der Waals surface area (Å²) in [5, 5.41) is 0. The molecule has 1 aromatic heterocycles. The van der Waals surface area contributed by atoms with Gasteiger partial charge in [0.25, 0.3) is 0 Å². The molecule has 3 aliphatic rings. The van der Waals surface area contributed by atoms with Crippen molar-refractivity contribution in [2.24, 2.45) is 7.05 Å². The Kier molecular flexibility index (Phi) is 5.62. The molecule has 1 amide bonds. The fraction of sp³-hybridized carbons (Fsp3) is 0.615. The molecule has 5 rings (SSSR count). The number of hydrogen-bond donors (Lipinski definition) is 0. The van der Waals surface area contributed by atoms with Crippen molar-refractivity contribution in [2.75, 3.05) is 33.3 Å². The number of halogens is 1. The molecule has 7 nitrogen and oxygen atoms in total. The summed E-state index contributed by atoms with van der Waals surface area (Å²) in [6.45, 7) is 8.74. The summed E-state index contributed by atoms with van der Waals surface area (Å²) in [4.78, 5) is 21.6. The number of carbonyl (C=O) groups excluding carboxylic acids is 1. The first-order valence-electron chi connectivity index (χ1n) is 12.3. The molecule has 0 unspecified atom stereocenters. The highest BCUT2D eigenvalue weighted by molar-refractivity contribution is 5.74. The van der Waals surface area contributed by atoms with Crippen LogP contribution in [0.2, 0.25) is 0 Å². The Morgan fingerprint density at radius 1 is 1.24 bits per heavy atom. The maximum atomic E-state index is 15.1. The van der Waals surface area contributed by atoms with Crippen molar-refractivity contribution in [3.05, 3.63) is 35.5 Å². The van der Waals surface area contributed by atoms with Crippen LogP contribution in [0.5, 0.6) is 5.75 Å². The van der Waals surface area contributed by atoms with Crippen LogP contribution < -0.4 is 4.74 Å². The smallest absolute Gasteiger partial charge is 0.409 e. The zero-order valence-electron chi connectivity index (χ0n) is 20.9. The van der Waals surface area contributed by atoms with Crippen LogP contribution >= 0.6 is 0 Å². The monoisotopic (exact) mass is 470 g/mol. The Hall–Kier alpha value is -2.61. The summed E-state index contributed by atoms with van der Waals surface area (Å²) in [5.41, 5.74) is 1.49. The summed E-state index contributed by atoms with van der Waals surface area (Å²) < 4.78 is 29.1. The van der Waals surface area contributed by atoms with E-state index < -0.39 is 5.60 Å². The lowest BCUT2D eigenvalue weighted by molar-refractivity contribution is -0.0105. The maximum absolute atomic E-state index is 15.1. The van der Waals surface area contributed by atoms with Crippen molar-refractivity contribution in [1.29, 1.82) is 0 Å². The first-order chi connectivity index (χ1) is 16.2. The van der Waals surface area contributed by atoms with Crippen LogP contribution in [-0.4, -0.2) is 64.3 Å². The van der Waals surface area contributed by atoms with Gasteiger partial charge in [-0.2, -0.15) is 0 Å². The number of ether oxygens (including phenoxy) is 2. The molecule has 34 heavy (non-hydrogen) atoms. The number of benzene rings is 1. The van der Waals surface area contributed by atoms with E-state index in [4.69, 9.17) is 14.5 Å². The van der Waals surface area contributed by atoms with Crippen LogP contribution in [0.15, 0.2) is 18.2 Å². The Balaban J connectivity index is 1.57. The third-order valence-corrected chi connectivity index (χ3v) is 8.13. The van der Waals surface area contributed by atoms with Gasteiger partial charge in [-0.05, 0) is 59.3 Å². The van der Waals surface area contributed by atoms with Gasteiger partial charge in [0.15, 0.2) is 5.60 Å². The van der Waals surface area contributed by atoms with E-state index in [0.29, 0.717) is 49.5 Å². The van der Waals surface area contributed by atoms with Crippen LogP contribution in [-0.2, 0) is 17.4 Å². The Bertz CT molecular complexity index is 1100. The van der Waals surface area contributed by atoms with Gasteiger partial charge in [-0.15, -0.1) is 0 Å². The summed E-state index contributed by atoms with van der Waals surface area (Å²) in [5.74, 6) is 1.50. The molecule has 3 aliphatic heterocycles. The molecule has 0 saturated carbocycles. The van der Waals surface area contributed by atoms with E-state index in [1.165, 1.54) is 6.07 Å². The minimum absolute atomic E-state index is 0.0672. The Morgan fingerprint density at radius 3 is 2.65 bits per heavy atom. The number of hydrogen-bond acceptors (Lipinski definition) is 5. The van der Waals surface area contributed by atoms with Crippen LogP contribution in [0.3, 0.4) is 0 Å². The zero-order chi connectivity index (χ0) is 24.3. The Labute approximate surface area is 200 Å². The van der Waals surface area contributed by atoms with Gasteiger partial charge in [0, 0.05) is 44.4 Å². The van der Waals surface area contributed by atoms with E-state index in [0.717, 1.165) is 30.9 Å². The largest absolute Gasteiger partial charge is 0.480 e. The van der Waals surface area contributed by atoms with Crippen LogP contribution in [0.4, 0.5) is 9.18 Å². The summed E-state index contributed by atoms with van der Waals surface area (Å²) >= 11 is 0. The topological polar surface area (TPSA) is 59.8 Å². The highest BCUT2D eigenvalue weighted by Gasteiger charge is 2.49. The van der Waals surface area contributed by atoms with Crippen molar-refractivity contribution in [1.82, 2.24) is 19.4 Å². The number of fused-ring (bicyclic) bond motifs is 4. The molecule has 2 aromatic rings. The summed E-state index contributed by atoms with van der Waals surface area (Å²) in [6.07, 6.45) is 2.92. The van der Waals surface area contributed by atoms with Crippen LogP contribution in [0, 0.1) is 5.82 Å². The average Bonchev–Trinajstić information content (AvgIpc) is 3.14. The zero-order valence-corrected chi connectivity index (χ0v) is 20.9. The summed E-state index contributed by atoms with van der Waals surface area (Å²) in [6, 6.07) is 4.98. The highest BCUT2D eigenvalue weighted by Crippen LogP contribution is 2.51. The lowest BCUT2D eigenvalue weighted by atomic mass is 9.82. The van der Waals surface area contributed by atoms with Gasteiger partial charge in [0.05, 0.1) is 17.9 Å². The lowest BCUT2D eigenvalue weighted by Gasteiger charge is -2.44. The van der Waals surface area contributed by atoms with E-state index in [2.05, 4.69) is 30.4 Å². The van der Waals surface area contributed by atoms with Crippen molar-refractivity contribution >= 4 is 6.09 Å². The minimum Gasteiger partial charge on any atom is -0.480 e. The molecule has 4 heterocycles. The van der Waals surface area contributed by atoms with Gasteiger partial charge >= 0.3 is 6.09 Å². The molecular weight excluding hydrogens is 435 g/mol. The second-order valence-corrected chi connectivity index (χ2v) is 10.5. The number of likely N-dealkylation sites (tertiary alicyclic amines) is 2. The van der Waals surface area contributed by atoms with Crippen LogP contribution in [0.25, 0.3) is 11.3 Å². The minimum atomic E-state index is -0.653. The summed E-state index contributed by atoms with van der Waals surface area (Å²) in [7, 11) is 4.21. The van der Waals surface area contributed by atoms with E-state index in [1.807, 2.05) is 20.0 Å². The highest BCUT2D eigenvalue weighted by atomic mass is 19.1. The van der Waals surface area contributed by atoms with Gasteiger partial charge in [0.1, 0.15) is 23.1 Å². The Morgan fingerprint density at radius 2 is 1.97 bits per heavy atom. The fourth-order valence-electron chi connectivity index (χ4n) is 5.99. The van der Waals surface area contributed by atoms with Crippen molar-refractivity contribution in [3.63, 3.8) is 0 Å². The number of nitrogens with zero attached hydrogens (tertiary/aromatic N) is 4. The van der Waals surface area contributed by atoms with Crippen molar-refractivity contribution in [2.45, 2.75) is 63.5 Å². The average molecular weight is 471 g/mol. The predicted molar refractivity (Wildman–Crippen MR) is 127 cm³/mol. The van der Waals surface area contributed by atoms with E-state index >= 15 is 4.39 Å². The molecule has 8 heteroatoms. The number of piperidine rings is 2. The number of aromatic nitrogens is 2. The predicted octanol–water partition coefficient (Wildman–Crippen LogP) is 4.65. The molecule has 184 valence electrons. The molecule has 0 aliphatic carbocycles.